The Morgan fingerprint density at radius 2 is 1.00 bits per heavy atom. The van der Waals surface area contributed by atoms with Crippen LogP contribution in [0.15, 0.2) is 0 Å². The van der Waals surface area contributed by atoms with Gasteiger partial charge in [-0.1, -0.05) is 122 Å². The van der Waals surface area contributed by atoms with E-state index in [-0.39, 0.29) is 0 Å². The van der Waals surface area contributed by atoms with Gasteiger partial charge in [-0.3, -0.25) is 0 Å². The van der Waals surface area contributed by atoms with Gasteiger partial charge in [-0.05, 0) is 25.2 Å². The summed E-state index contributed by atoms with van der Waals surface area (Å²) in [6.07, 6.45) is 30.6. The maximum atomic E-state index is 4.90. The summed E-state index contributed by atoms with van der Waals surface area (Å²) in [5.74, 6) is 0.934. The number of rotatable bonds is 17. The molecule has 1 heteroatoms. The van der Waals surface area contributed by atoms with Crippen LogP contribution >= 0.6 is 12.6 Å². The lowest BCUT2D eigenvalue weighted by molar-refractivity contribution is 0.338. The Hall–Kier alpha value is 0.350. The molecule has 1 atom stereocenters. The normalized spacial score (nSPS) is 17.0. The van der Waals surface area contributed by atoms with Crippen LogP contribution in [0, 0.1) is 5.92 Å². The van der Waals surface area contributed by atoms with Crippen LogP contribution in [0.2, 0.25) is 0 Å². The van der Waals surface area contributed by atoms with Crippen LogP contribution in [-0.4, -0.2) is 5.25 Å². The van der Waals surface area contributed by atoms with Crippen molar-refractivity contribution >= 4 is 12.6 Å². The van der Waals surface area contributed by atoms with E-state index in [1.807, 2.05) is 0 Å². The molecule has 25 heavy (non-hydrogen) atoms. The maximum Gasteiger partial charge on any atom is 0.00450 e. The van der Waals surface area contributed by atoms with Crippen LogP contribution in [0.3, 0.4) is 0 Å². The predicted octanol–water partition coefficient (Wildman–Crippen LogP) is 9.13. The van der Waals surface area contributed by atoms with Gasteiger partial charge in [0.1, 0.15) is 0 Å². The summed E-state index contributed by atoms with van der Waals surface area (Å²) in [5, 5.41) is 0.697. The summed E-state index contributed by atoms with van der Waals surface area (Å²) < 4.78 is 0. The Morgan fingerprint density at radius 1 is 0.600 bits per heavy atom. The molecule has 150 valence electrons. The van der Waals surface area contributed by atoms with Crippen molar-refractivity contribution < 1.29 is 0 Å². The van der Waals surface area contributed by atoms with E-state index in [0.717, 1.165) is 5.92 Å². The van der Waals surface area contributed by atoms with Gasteiger partial charge in [-0.2, -0.15) is 12.6 Å². The molecule has 1 aliphatic carbocycles. The molecule has 0 nitrogen and oxygen atoms in total. The smallest absolute Gasteiger partial charge is 0.00450 e. The Labute approximate surface area is 165 Å². The van der Waals surface area contributed by atoms with Crippen molar-refractivity contribution in [3.05, 3.63) is 0 Å². The molecule has 0 radical (unpaired) electrons. The first-order chi connectivity index (χ1) is 12.3. The largest absolute Gasteiger partial charge is 0.176 e. The zero-order chi connectivity index (χ0) is 18.0. The third kappa shape index (κ3) is 14.1. The fraction of sp³-hybridized carbons (Fsp3) is 1.00. The highest BCUT2D eigenvalue weighted by Gasteiger charge is 2.19. The van der Waals surface area contributed by atoms with Gasteiger partial charge in [0.25, 0.3) is 0 Å². The van der Waals surface area contributed by atoms with Crippen LogP contribution in [0.5, 0.6) is 0 Å². The van der Waals surface area contributed by atoms with Crippen LogP contribution < -0.4 is 0 Å². The molecule has 0 spiro atoms. The summed E-state index contributed by atoms with van der Waals surface area (Å²) in [5.41, 5.74) is 0. The fourth-order valence-electron chi connectivity index (χ4n) is 4.48. The van der Waals surface area contributed by atoms with E-state index in [1.54, 1.807) is 0 Å². The molecule has 0 amide bonds. The van der Waals surface area contributed by atoms with Crippen molar-refractivity contribution in [1.29, 1.82) is 0 Å². The van der Waals surface area contributed by atoms with E-state index < -0.39 is 0 Å². The summed E-state index contributed by atoms with van der Waals surface area (Å²) in [7, 11) is 0. The van der Waals surface area contributed by atoms with Crippen molar-refractivity contribution in [1.82, 2.24) is 0 Å². The lowest BCUT2D eigenvalue weighted by Crippen LogP contribution is -2.18. The monoisotopic (exact) mass is 368 g/mol. The van der Waals surface area contributed by atoms with Gasteiger partial charge < -0.3 is 0 Å². The van der Waals surface area contributed by atoms with Crippen LogP contribution in [0.25, 0.3) is 0 Å². The van der Waals surface area contributed by atoms with E-state index in [2.05, 4.69) is 6.92 Å². The summed E-state index contributed by atoms with van der Waals surface area (Å²) in [6.45, 7) is 2.30. The molecule has 0 aromatic rings. The minimum atomic E-state index is 0.697. The highest BCUT2D eigenvalue weighted by molar-refractivity contribution is 7.81. The number of hydrogen-bond acceptors (Lipinski definition) is 1. The van der Waals surface area contributed by atoms with Gasteiger partial charge >= 0.3 is 0 Å². The lowest BCUT2D eigenvalue weighted by Gasteiger charge is -2.26. The zero-order valence-electron chi connectivity index (χ0n) is 17.5. The van der Waals surface area contributed by atoms with Gasteiger partial charge in [0.2, 0.25) is 0 Å². The molecule has 0 aliphatic heterocycles. The third-order valence-electron chi connectivity index (χ3n) is 6.30. The molecule has 0 N–H and O–H groups in total. The quantitative estimate of drug-likeness (QED) is 0.192. The van der Waals surface area contributed by atoms with E-state index in [9.17, 15) is 0 Å². The van der Waals surface area contributed by atoms with E-state index in [0.29, 0.717) is 5.25 Å². The SMILES string of the molecule is CCCCCCCCCCCCCCCCCC(S)C1CCCCC1. The molecule has 1 aliphatic rings. The molecule has 0 aromatic heterocycles. The average molecular weight is 369 g/mol. The molecule has 1 unspecified atom stereocenters. The predicted molar refractivity (Wildman–Crippen MR) is 119 cm³/mol. The first kappa shape index (κ1) is 23.4. The molecule has 1 rings (SSSR count). The van der Waals surface area contributed by atoms with E-state index in [4.69, 9.17) is 12.6 Å². The van der Waals surface area contributed by atoms with Crippen LogP contribution in [-0.2, 0) is 0 Å². The second kappa shape index (κ2) is 17.7. The fourth-order valence-corrected chi connectivity index (χ4v) is 4.96. The van der Waals surface area contributed by atoms with Crippen LogP contribution in [0.1, 0.15) is 142 Å². The van der Waals surface area contributed by atoms with E-state index in [1.165, 1.54) is 135 Å². The van der Waals surface area contributed by atoms with E-state index >= 15 is 0 Å². The van der Waals surface area contributed by atoms with Gasteiger partial charge in [-0.25, -0.2) is 0 Å². The van der Waals surface area contributed by atoms with Gasteiger partial charge in [0, 0.05) is 5.25 Å². The van der Waals surface area contributed by atoms with Crippen LogP contribution in [0.4, 0.5) is 0 Å². The van der Waals surface area contributed by atoms with Gasteiger partial charge in [-0.15, -0.1) is 0 Å². The topological polar surface area (TPSA) is 0 Å². The first-order valence-corrected chi connectivity index (χ1v) is 12.5. The van der Waals surface area contributed by atoms with Gasteiger partial charge in [0.05, 0.1) is 0 Å². The molecular formula is C24H48S. The maximum absolute atomic E-state index is 4.90. The number of hydrogen-bond donors (Lipinski definition) is 1. The lowest BCUT2D eigenvalue weighted by atomic mass is 9.85. The second-order valence-corrected chi connectivity index (χ2v) is 9.37. The highest BCUT2D eigenvalue weighted by Crippen LogP contribution is 2.31. The van der Waals surface area contributed by atoms with Crippen molar-refractivity contribution in [3.8, 4) is 0 Å². The number of unbranched alkanes of at least 4 members (excludes halogenated alkanes) is 14. The molecule has 0 heterocycles. The molecule has 0 bridgehead atoms. The van der Waals surface area contributed by atoms with Crippen molar-refractivity contribution in [2.75, 3.05) is 0 Å². The Balaban J connectivity index is 1.73. The summed E-state index contributed by atoms with van der Waals surface area (Å²) >= 11 is 4.90. The van der Waals surface area contributed by atoms with Crippen molar-refractivity contribution in [2.45, 2.75) is 147 Å². The van der Waals surface area contributed by atoms with Crippen molar-refractivity contribution in [3.63, 3.8) is 0 Å². The molecule has 0 saturated heterocycles. The Bertz CT molecular complexity index is 257. The zero-order valence-corrected chi connectivity index (χ0v) is 18.3. The number of thiol groups is 1. The summed E-state index contributed by atoms with van der Waals surface area (Å²) in [6, 6.07) is 0. The average Bonchev–Trinajstić information content (AvgIpc) is 2.65. The minimum absolute atomic E-state index is 0.697. The third-order valence-corrected chi connectivity index (χ3v) is 6.98. The molecule has 0 aromatic carbocycles. The Kier molecular flexibility index (Phi) is 16.6. The molecule has 1 saturated carbocycles. The van der Waals surface area contributed by atoms with Crippen molar-refractivity contribution in [2.24, 2.45) is 5.92 Å². The molecular weight excluding hydrogens is 320 g/mol. The highest BCUT2D eigenvalue weighted by atomic mass is 32.1. The van der Waals surface area contributed by atoms with Gasteiger partial charge in [0.15, 0.2) is 0 Å². The minimum Gasteiger partial charge on any atom is -0.176 e. The standard InChI is InChI=1S/C24H48S/c1-2-3-4-5-6-7-8-9-10-11-12-13-14-15-19-22-24(25)23-20-17-16-18-21-23/h23-25H,2-22H2,1H3. The second-order valence-electron chi connectivity index (χ2n) is 8.70. The Morgan fingerprint density at radius 3 is 1.44 bits per heavy atom. The first-order valence-electron chi connectivity index (χ1n) is 12.0. The molecule has 1 fully saturated rings. The summed E-state index contributed by atoms with van der Waals surface area (Å²) in [4.78, 5) is 0.